The number of likely N-dealkylation sites (N-methyl/N-ethyl adjacent to an activating group) is 1. The molecule has 8 nitrogen and oxygen atoms in total. The number of aryl methyl sites for hydroxylation is 1. The van der Waals surface area contributed by atoms with E-state index in [2.05, 4.69) is 0 Å². The maximum absolute atomic E-state index is 12.0. The van der Waals surface area contributed by atoms with E-state index in [1.165, 1.54) is 18.0 Å². The number of ether oxygens (including phenoxy) is 1. The normalized spacial score (nSPS) is 10.8. The number of nitriles is 1. The van der Waals surface area contributed by atoms with Gasteiger partial charge in [-0.3, -0.25) is 4.79 Å². The number of carbonyl (C=O) groups is 2. The Bertz CT molecular complexity index is 796. The monoisotopic (exact) mass is 353 g/mol. The maximum Gasteiger partial charge on any atom is 0.338 e. The zero-order valence-corrected chi connectivity index (χ0v) is 14.5. The number of carbonyl (C=O) groups excluding carboxylic acids is 2. The molecule has 0 aliphatic carbocycles. The number of nitrogens with zero attached hydrogens (tertiary/aromatic N) is 2. The average Bonchev–Trinajstić information content (AvgIpc) is 2.50. The lowest BCUT2D eigenvalue weighted by atomic mass is 10.1. The molecule has 9 heteroatoms. The molecule has 1 amide bonds. The number of amides is 1. The van der Waals surface area contributed by atoms with E-state index in [-0.39, 0.29) is 23.4 Å². The second-order valence-electron chi connectivity index (χ2n) is 5.26. The van der Waals surface area contributed by atoms with Crippen LogP contribution < -0.4 is 5.14 Å². The Balaban J connectivity index is 2.88. The highest BCUT2D eigenvalue weighted by Crippen LogP contribution is 2.20. The van der Waals surface area contributed by atoms with Crippen molar-refractivity contribution in [2.24, 2.45) is 5.14 Å². The number of benzene rings is 1. The van der Waals surface area contributed by atoms with Gasteiger partial charge in [-0.05, 0) is 37.1 Å². The van der Waals surface area contributed by atoms with Crippen molar-refractivity contribution in [2.75, 3.05) is 20.2 Å². The lowest BCUT2D eigenvalue weighted by molar-refractivity contribution is -0.133. The molecule has 0 bridgehead atoms. The van der Waals surface area contributed by atoms with E-state index in [1.54, 1.807) is 13.8 Å². The zero-order chi connectivity index (χ0) is 18.5. The molecule has 1 rings (SSSR count). The molecule has 0 spiro atoms. The number of nitrogens with two attached hydrogens (primary N) is 1. The molecule has 0 aliphatic rings. The topological polar surface area (TPSA) is 131 Å². The minimum atomic E-state index is -3.98. The fourth-order valence-corrected chi connectivity index (χ4v) is 2.78. The average molecular weight is 353 g/mol. The molecule has 0 unspecified atom stereocenters. The number of primary sulfonamides is 1. The van der Waals surface area contributed by atoms with Gasteiger partial charge in [-0.2, -0.15) is 5.26 Å². The smallest absolute Gasteiger partial charge is 0.338 e. The van der Waals surface area contributed by atoms with Crippen molar-refractivity contribution in [1.29, 1.82) is 5.26 Å². The molecule has 0 radical (unpaired) electrons. The van der Waals surface area contributed by atoms with E-state index in [0.717, 1.165) is 6.07 Å². The first-order valence-corrected chi connectivity index (χ1v) is 8.54. The molecule has 1 aromatic carbocycles. The summed E-state index contributed by atoms with van der Waals surface area (Å²) in [5.41, 5.74) is 1.00. The second-order valence-corrected chi connectivity index (χ2v) is 6.79. The molecular formula is C15H19N3O5S. The van der Waals surface area contributed by atoms with Crippen LogP contribution in [0.25, 0.3) is 0 Å². The van der Waals surface area contributed by atoms with Crippen molar-refractivity contribution in [3.8, 4) is 6.07 Å². The Kier molecular flexibility index (Phi) is 6.45. The van der Waals surface area contributed by atoms with E-state index in [4.69, 9.17) is 15.1 Å². The van der Waals surface area contributed by atoms with Crippen LogP contribution in [0.1, 0.15) is 27.9 Å². The van der Waals surface area contributed by atoms with Gasteiger partial charge in [-0.15, -0.1) is 0 Å². The van der Waals surface area contributed by atoms with E-state index >= 15 is 0 Å². The second kappa shape index (κ2) is 7.90. The van der Waals surface area contributed by atoms with Gasteiger partial charge in [0.2, 0.25) is 10.0 Å². The number of hydrogen-bond donors (Lipinski definition) is 1. The first-order chi connectivity index (χ1) is 11.1. The molecule has 0 fully saturated rings. The lowest BCUT2D eigenvalue weighted by Gasteiger charge is -2.15. The van der Waals surface area contributed by atoms with Crippen LogP contribution in [0.2, 0.25) is 0 Å². The molecule has 0 saturated carbocycles. The minimum absolute atomic E-state index is 0.00500. The van der Waals surface area contributed by atoms with Crippen molar-refractivity contribution in [1.82, 2.24) is 4.90 Å². The Labute approximate surface area is 140 Å². The van der Waals surface area contributed by atoms with Gasteiger partial charge in [0.15, 0.2) is 6.61 Å². The third-order valence-electron chi connectivity index (χ3n) is 3.47. The van der Waals surface area contributed by atoms with Crippen LogP contribution in [0.4, 0.5) is 0 Å². The molecule has 0 aromatic heterocycles. The van der Waals surface area contributed by atoms with Crippen molar-refractivity contribution < 1.29 is 22.7 Å². The summed E-state index contributed by atoms with van der Waals surface area (Å²) in [5.74, 6) is -1.29. The summed E-state index contributed by atoms with van der Waals surface area (Å²) in [4.78, 5) is 24.9. The fraction of sp³-hybridized carbons (Fsp3) is 0.400. The largest absolute Gasteiger partial charge is 0.452 e. The number of esters is 1. The molecule has 1 aromatic rings. The summed E-state index contributed by atoms with van der Waals surface area (Å²) < 4.78 is 28.1. The summed E-state index contributed by atoms with van der Waals surface area (Å²) >= 11 is 0. The molecule has 0 heterocycles. The third kappa shape index (κ3) is 5.04. The third-order valence-corrected chi connectivity index (χ3v) is 4.51. The van der Waals surface area contributed by atoms with E-state index in [9.17, 15) is 18.0 Å². The molecule has 2 N–H and O–H groups in total. The molecule has 24 heavy (non-hydrogen) atoms. The van der Waals surface area contributed by atoms with Crippen molar-refractivity contribution >= 4 is 21.9 Å². The summed E-state index contributed by atoms with van der Waals surface area (Å²) in [6.07, 6.45) is 0.172. The summed E-state index contributed by atoms with van der Waals surface area (Å²) in [6, 6.07) is 4.50. The van der Waals surface area contributed by atoms with Crippen molar-refractivity contribution in [3.05, 3.63) is 28.8 Å². The van der Waals surface area contributed by atoms with Crippen LogP contribution in [-0.4, -0.2) is 45.4 Å². The highest BCUT2D eigenvalue weighted by atomic mass is 32.2. The van der Waals surface area contributed by atoms with Gasteiger partial charge in [-0.25, -0.2) is 18.4 Å². The molecule has 0 atom stereocenters. The van der Waals surface area contributed by atoms with Gasteiger partial charge in [0, 0.05) is 13.6 Å². The Morgan fingerprint density at radius 1 is 1.33 bits per heavy atom. The van der Waals surface area contributed by atoms with Gasteiger partial charge in [0.25, 0.3) is 5.91 Å². The first kappa shape index (κ1) is 19.6. The zero-order valence-electron chi connectivity index (χ0n) is 13.7. The molecule has 0 aliphatic heterocycles. The van der Waals surface area contributed by atoms with Gasteiger partial charge in [-0.1, -0.05) is 0 Å². The maximum atomic E-state index is 12.0. The van der Waals surface area contributed by atoms with Gasteiger partial charge >= 0.3 is 5.97 Å². The number of sulfonamides is 1. The molecule has 0 saturated heterocycles. The lowest BCUT2D eigenvalue weighted by Crippen LogP contribution is -2.32. The van der Waals surface area contributed by atoms with Crippen LogP contribution in [-0.2, 0) is 19.6 Å². The fourth-order valence-electron chi connectivity index (χ4n) is 1.90. The van der Waals surface area contributed by atoms with E-state index in [0.29, 0.717) is 11.1 Å². The summed E-state index contributed by atoms with van der Waals surface area (Å²) in [7, 11) is -2.49. The Hall–Kier alpha value is -2.44. The van der Waals surface area contributed by atoms with Gasteiger partial charge in [0.1, 0.15) is 0 Å². The molecular weight excluding hydrogens is 334 g/mol. The van der Waals surface area contributed by atoms with Crippen molar-refractivity contribution in [3.63, 3.8) is 0 Å². The number of rotatable bonds is 6. The van der Waals surface area contributed by atoms with Crippen LogP contribution in [0.15, 0.2) is 17.0 Å². The SMILES string of the molecule is Cc1cc(C(=O)OCC(=O)N(C)CCC#N)cc(S(N)(=O)=O)c1C. The van der Waals surface area contributed by atoms with Crippen LogP contribution in [0.5, 0.6) is 0 Å². The van der Waals surface area contributed by atoms with Crippen LogP contribution in [0.3, 0.4) is 0 Å². The predicted molar refractivity (Wildman–Crippen MR) is 85.4 cm³/mol. The first-order valence-electron chi connectivity index (χ1n) is 7.00. The molecule has 130 valence electrons. The predicted octanol–water partition coefficient (Wildman–Crippen LogP) is 0.480. The summed E-state index contributed by atoms with van der Waals surface area (Å²) in [5, 5.41) is 13.6. The number of hydrogen-bond acceptors (Lipinski definition) is 6. The van der Waals surface area contributed by atoms with E-state index in [1.807, 2.05) is 6.07 Å². The highest BCUT2D eigenvalue weighted by molar-refractivity contribution is 7.89. The van der Waals surface area contributed by atoms with Crippen LogP contribution in [0, 0.1) is 25.2 Å². The highest BCUT2D eigenvalue weighted by Gasteiger charge is 2.19. The quantitative estimate of drug-likeness (QED) is 0.740. The van der Waals surface area contributed by atoms with Gasteiger partial charge < -0.3 is 9.64 Å². The van der Waals surface area contributed by atoms with Crippen LogP contribution >= 0.6 is 0 Å². The standard InChI is InChI=1S/C15H19N3O5S/c1-10-7-12(8-13(11(10)2)24(17,21)22)15(20)23-9-14(19)18(3)6-4-5-16/h7-8H,4,6,9H2,1-3H3,(H2,17,21,22). The van der Waals surface area contributed by atoms with E-state index < -0.39 is 28.5 Å². The Morgan fingerprint density at radius 2 is 1.96 bits per heavy atom. The minimum Gasteiger partial charge on any atom is -0.452 e. The van der Waals surface area contributed by atoms with Gasteiger partial charge in [0.05, 0.1) is 22.9 Å². The van der Waals surface area contributed by atoms with Crippen molar-refractivity contribution in [2.45, 2.75) is 25.2 Å². The summed E-state index contributed by atoms with van der Waals surface area (Å²) in [6.45, 7) is 2.95. The Morgan fingerprint density at radius 3 is 2.50 bits per heavy atom.